The molecular formula is C16H15ClN2. The van der Waals surface area contributed by atoms with Crippen LogP contribution in [-0.4, -0.2) is 12.5 Å². The Morgan fingerprint density at radius 1 is 0.895 bits per heavy atom. The minimum atomic E-state index is -0.144. The number of benzene rings is 2. The van der Waals surface area contributed by atoms with E-state index < -0.39 is 0 Å². The van der Waals surface area contributed by atoms with E-state index in [1.165, 1.54) is 0 Å². The summed E-state index contributed by atoms with van der Waals surface area (Å²) in [5, 5.41) is 0. The van der Waals surface area contributed by atoms with E-state index in [0.29, 0.717) is 0 Å². The average Bonchev–Trinajstić information content (AvgIpc) is 2.59. The summed E-state index contributed by atoms with van der Waals surface area (Å²) >= 11 is 6.36. The molecule has 0 aliphatic carbocycles. The highest BCUT2D eigenvalue weighted by molar-refractivity contribution is 6.23. The smallest absolute Gasteiger partial charge is 0.124 e. The van der Waals surface area contributed by atoms with Crippen LogP contribution in [0, 0.1) is 0 Å². The van der Waals surface area contributed by atoms with Crippen LogP contribution in [0.1, 0.15) is 0 Å². The number of hydrogen-bond acceptors (Lipinski definition) is 2. The summed E-state index contributed by atoms with van der Waals surface area (Å²) in [6.45, 7) is 0. The molecular weight excluding hydrogens is 256 g/mol. The second-order valence-corrected chi connectivity index (χ2v) is 4.97. The lowest BCUT2D eigenvalue weighted by Gasteiger charge is -2.26. The predicted molar refractivity (Wildman–Crippen MR) is 82.2 cm³/mol. The van der Waals surface area contributed by atoms with E-state index in [2.05, 4.69) is 34.1 Å². The molecule has 1 heterocycles. The van der Waals surface area contributed by atoms with Crippen molar-refractivity contribution in [3.63, 3.8) is 0 Å². The lowest BCUT2D eigenvalue weighted by atomic mass is 10.2. The van der Waals surface area contributed by atoms with E-state index in [0.717, 1.165) is 17.1 Å². The topological polar surface area (TPSA) is 6.48 Å². The van der Waals surface area contributed by atoms with E-state index in [-0.39, 0.29) is 5.50 Å². The molecule has 96 valence electrons. The lowest BCUT2D eigenvalue weighted by Crippen LogP contribution is -2.24. The summed E-state index contributed by atoms with van der Waals surface area (Å²) in [6.07, 6.45) is 4.03. The van der Waals surface area contributed by atoms with Crippen LogP contribution >= 0.6 is 11.6 Å². The monoisotopic (exact) mass is 270 g/mol. The largest absolute Gasteiger partial charge is 0.353 e. The highest BCUT2D eigenvalue weighted by Crippen LogP contribution is 2.37. The highest BCUT2D eigenvalue weighted by atomic mass is 35.5. The van der Waals surface area contributed by atoms with Crippen molar-refractivity contribution in [3.8, 4) is 0 Å². The molecule has 0 fully saturated rings. The molecule has 1 aliphatic heterocycles. The van der Waals surface area contributed by atoms with Gasteiger partial charge in [-0.2, -0.15) is 0 Å². The summed E-state index contributed by atoms with van der Waals surface area (Å²) < 4.78 is 0. The van der Waals surface area contributed by atoms with Gasteiger partial charge in [-0.05, 0) is 30.3 Å². The minimum Gasteiger partial charge on any atom is -0.353 e. The zero-order valence-corrected chi connectivity index (χ0v) is 11.5. The zero-order valence-electron chi connectivity index (χ0n) is 10.7. The third-order valence-corrected chi connectivity index (χ3v) is 3.76. The van der Waals surface area contributed by atoms with E-state index in [4.69, 9.17) is 11.6 Å². The number of alkyl halides is 1. The third kappa shape index (κ3) is 2.20. The molecule has 2 aromatic carbocycles. The molecule has 1 aliphatic rings. The zero-order chi connectivity index (χ0) is 13.2. The number of para-hydroxylation sites is 3. The summed E-state index contributed by atoms with van der Waals surface area (Å²) in [4.78, 5) is 4.23. The lowest BCUT2D eigenvalue weighted by molar-refractivity contribution is 0.974. The van der Waals surface area contributed by atoms with Crippen molar-refractivity contribution in [2.75, 3.05) is 16.8 Å². The molecule has 0 radical (unpaired) electrons. The van der Waals surface area contributed by atoms with Gasteiger partial charge < -0.3 is 9.80 Å². The fourth-order valence-electron chi connectivity index (χ4n) is 2.28. The Bertz CT molecular complexity index is 595. The first-order valence-corrected chi connectivity index (χ1v) is 6.69. The quantitative estimate of drug-likeness (QED) is 0.561. The first kappa shape index (κ1) is 12.1. The second-order valence-electron chi connectivity index (χ2n) is 4.52. The van der Waals surface area contributed by atoms with Gasteiger partial charge >= 0.3 is 0 Å². The molecule has 0 bridgehead atoms. The molecule has 3 rings (SSSR count). The van der Waals surface area contributed by atoms with Crippen LogP contribution in [0.25, 0.3) is 0 Å². The predicted octanol–water partition coefficient (Wildman–Crippen LogP) is 4.35. The Balaban J connectivity index is 2.15. The van der Waals surface area contributed by atoms with Crippen molar-refractivity contribution in [2.24, 2.45) is 0 Å². The van der Waals surface area contributed by atoms with Crippen LogP contribution in [0.15, 0.2) is 66.9 Å². The number of halogens is 1. The Morgan fingerprint density at radius 2 is 1.53 bits per heavy atom. The maximum absolute atomic E-state index is 6.36. The molecule has 2 aromatic rings. The van der Waals surface area contributed by atoms with Gasteiger partial charge in [0.2, 0.25) is 0 Å². The Labute approximate surface area is 118 Å². The molecule has 0 N–H and O–H groups in total. The van der Waals surface area contributed by atoms with Crippen LogP contribution in [0.5, 0.6) is 0 Å². The molecule has 0 spiro atoms. The highest BCUT2D eigenvalue weighted by Gasteiger charge is 2.20. The van der Waals surface area contributed by atoms with Gasteiger partial charge in [0.25, 0.3) is 0 Å². The molecule has 0 amide bonds. The van der Waals surface area contributed by atoms with Crippen molar-refractivity contribution in [2.45, 2.75) is 5.50 Å². The van der Waals surface area contributed by atoms with Crippen molar-refractivity contribution < 1.29 is 0 Å². The van der Waals surface area contributed by atoms with Crippen molar-refractivity contribution in [3.05, 3.63) is 66.9 Å². The minimum absolute atomic E-state index is 0.144. The summed E-state index contributed by atoms with van der Waals surface area (Å²) in [7, 11) is 2.01. The van der Waals surface area contributed by atoms with Crippen LogP contribution < -0.4 is 9.80 Å². The van der Waals surface area contributed by atoms with E-state index in [1.54, 1.807) is 0 Å². The van der Waals surface area contributed by atoms with Crippen molar-refractivity contribution in [1.82, 2.24) is 0 Å². The van der Waals surface area contributed by atoms with E-state index in [1.807, 2.05) is 49.7 Å². The van der Waals surface area contributed by atoms with Gasteiger partial charge in [-0.3, -0.25) is 0 Å². The SMILES string of the molecule is CN1c2ccccc2N(c2ccccc2)C=CC1Cl. The van der Waals surface area contributed by atoms with Crippen molar-refractivity contribution in [1.29, 1.82) is 0 Å². The van der Waals surface area contributed by atoms with E-state index >= 15 is 0 Å². The molecule has 1 atom stereocenters. The van der Waals surface area contributed by atoms with Gasteiger partial charge in [0.1, 0.15) is 5.50 Å². The summed E-state index contributed by atoms with van der Waals surface area (Å²) in [6, 6.07) is 18.6. The molecule has 19 heavy (non-hydrogen) atoms. The molecule has 2 nitrogen and oxygen atoms in total. The number of fused-ring (bicyclic) bond motifs is 1. The van der Waals surface area contributed by atoms with Gasteiger partial charge in [-0.15, -0.1) is 0 Å². The number of rotatable bonds is 1. The standard InChI is InChI=1S/C16H15ClN2/c1-18-14-9-5-6-10-15(14)19(12-11-16(18)17)13-7-3-2-4-8-13/h2-12,16H,1H3. The number of hydrogen-bond donors (Lipinski definition) is 0. The van der Waals surface area contributed by atoms with Gasteiger partial charge in [0, 0.05) is 18.9 Å². The average molecular weight is 271 g/mol. The molecule has 3 heteroatoms. The van der Waals surface area contributed by atoms with Crippen LogP contribution in [0.4, 0.5) is 17.1 Å². The normalized spacial score (nSPS) is 18.1. The number of nitrogens with zero attached hydrogens (tertiary/aromatic N) is 2. The second kappa shape index (κ2) is 4.98. The molecule has 1 unspecified atom stereocenters. The number of anilines is 3. The maximum atomic E-state index is 6.36. The summed E-state index contributed by atoms with van der Waals surface area (Å²) in [5.41, 5.74) is 3.24. The first-order valence-electron chi connectivity index (χ1n) is 6.26. The first-order chi connectivity index (χ1) is 9.27. The van der Waals surface area contributed by atoms with Gasteiger partial charge in [0.05, 0.1) is 11.4 Å². The third-order valence-electron chi connectivity index (χ3n) is 3.32. The van der Waals surface area contributed by atoms with Crippen molar-refractivity contribution >= 4 is 28.7 Å². The molecule has 0 saturated carbocycles. The van der Waals surface area contributed by atoms with Gasteiger partial charge in [0.15, 0.2) is 0 Å². The van der Waals surface area contributed by atoms with Gasteiger partial charge in [-0.1, -0.05) is 41.9 Å². The van der Waals surface area contributed by atoms with Crippen LogP contribution in [0.2, 0.25) is 0 Å². The van der Waals surface area contributed by atoms with Crippen LogP contribution in [0.3, 0.4) is 0 Å². The van der Waals surface area contributed by atoms with E-state index in [9.17, 15) is 0 Å². The Morgan fingerprint density at radius 3 is 2.26 bits per heavy atom. The maximum Gasteiger partial charge on any atom is 0.124 e. The molecule has 0 saturated heterocycles. The fourth-order valence-corrected chi connectivity index (χ4v) is 2.45. The number of likely N-dealkylation sites (N-methyl/N-ethyl adjacent to an activating group) is 1. The fraction of sp³-hybridized carbons (Fsp3) is 0.125. The Kier molecular flexibility index (Phi) is 3.18. The Hall–Kier alpha value is -1.93. The van der Waals surface area contributed by atoms with Gasteiger partial charge in [-0.25, -0.2) is 0 Å². The van der Waals surface area contributed by atoms with Crippen LogP contribution in [-0.2, 0) is 0 Å². The summed E-state index contributed by atoms with van der Waals surface area (Å²) in [5.74, 6) is 0. The molecule has 0 aromatic heterocycles.